The second-order valence-electron chi connectivity index (χ2n) is 7.40. The Labute approximate surface area is 169 Å². The molecule has 1 aliphatic carbocycles. The molecule has 6 heteroatoms. The number of hydrogen-bond donors (Lipinski definition) is 1. The maximum atomic E-state index is 13.1. The van der Waals surface area contributed by atoms with Crippen LogP contribution < -0.4 is 10.1 Å². The Balaban J connectivity index is 0.00000261. The molecule has 1 saturated carbocycles. The Morgan fingerprint density at radius 1 is 1.26 bits per heavy atom. The first-order valence-corrected chi connectivity index (χ1v) is 10.1. The highest BCUT2D eigenvalue weighted by atomic mass is 35.5. The summed E-state index contributed by atoms with van der Waals surface area (Å²) in [6.45, 7) is 6.08. The van der Waals surface area contributed by atoms with Gasteiger partial charge in [0.15, 0.2) is 0 Å². The maximum Gasteiger partial charge on any atom is 0.237 e. The topological polar surface area (TPSA) is 44.8 Å². The number of carbonyl (C=O) groups is 1. The van der Waals surface area contributed by atoms with Gasteiger partial charge in [-0.1, -0.05) is 37.5 Å². The second kappa shape index (κ2) is 10.9. The van der Waals surface area contributed by atoms with E-state index in [1.807, 2.05) is 18.2 Å². The molecule has 1 aliphatic heterocycles. The van der Waals surface area contributed by atoms with Gasteiger partial charge < -0.3 is 15.0 Å². The first-order valence-electron chi connectivity index (χ1n) is 10.1. The number of nitrogens with one attached hydrogen (secondary N) is 1. The summed E-state index contributed by atoms with van der Waals surface area (Å²) < 4.78 is 5.57. The van der Waals surface area contributed by atoms with Gasteiger partial charge in [-0.3, -0.25) is 9.69 Å². The SMILES string of the molecule is CCN(C(=O)CN1CCNCC1c1ccccc1OC)C1CCCCC1.Cl. The lowest BCUT2D eigenvalue weighted by Crippen LogP contribution is -2.52. The number of amides is 1. The van der Waals surface area contributed by atoms with Gasteiger partial charge in [0.2, 0.25) is 5.91 Å². The molecule has 1 unspecified atom stereocenters. The summed E-state index contributed by atoms with van der Waals surface area (Å²) in [6, 6.07) is 8.78. The van der Waals surface area contributed by atoms with E-state index in [4.69, 9.17) is 4.74 Å². The van der Waals surface area contributed by atoms with Gasteiger partial charge in [-0.15, -0.1) is 12.4 Å². The van der Waals surface area contributed by atoms with Crippen molar-refractivity contribution in [3.63, 3.8) is 0 Å². The molecule has 0 radical (unpaired) electrons. The molecule has 152 valence electrons. The minimum Gasteiger partial charge on any atom is -0.496 e. The fraction of sp³-hybridized carbons (Fsp3) is 0.667. The highest BCUT2D eigenvalue weighted by Gasteiger charge is 2.31. The van der Waals surface area contributed by atoms with E-state index in [0.29, 0.717) is 12.6 Å². The zero-order valence-electron chi connectivity index (χ0n) is 16.7. The van der Waals surface area contributed by atoms with Gasteiger partial charge >= 0.3 is 0 Å². The van der Waals surface area contributed by atoms with Gasteiger partial charge in [0.05, 0.1) is 19.7 Å². The fourth-order valence-electron chi connectivity index (χ4n) is 4.48. The smallest absolute Gasteiger partial charge is 0.237 e. The van der Waals surface area contributed by atoms with Gasteiger partial charge in [0.1, 0.15) is 5.75 Å². The Kier molecular flexibility index (Phi) is 8.87. The summed E-state index contributed by atoms with van der Waals surface area (Å²) in [5.41, 5.74) is 1.16. The second-order valence-corrected chi connectivity index (χ2v) is 7.40. The molecule has 3 rings (SSSR count). The van der Waals surface area contributed by atoms with Crippen molar-refractivity contribution in [1.29, 1.82) is 0 Å². The largest absolute Gasteiger partial charge is 0.496 e. The Hall–Kier alpha value is -1.30. The lowest BCUT2D eigenvalue weighted by Gasteiger charge is -2.39. The minimum atomic E-state index is 0. The number of para-hydroxylation sites is 1. The van der Waals surface area contributed by atoms with Crippen LogP contribution in [0.25, 0.3) is 0 Å². The van der Waals surface area contributed by atoms with E-state index >= 15 is 0 Å². The molecule has 0 aromatic heterocycles. The van der Waals surface area contributed by atoms with Crippen LogP contribution in [0.3, 0.4) is 0 Å². The summed E-state index contributed by atoms with van der Waals surface area (Å²) in [5, 5.41) is 3.47. The molecule has 1 aromatic rings. The third kappa shape index (κ3) is 5.37. The number of hydrogen-bond acceptors (Lipinski definition) is 4. The van der Waals surface area contributed by atoms with Crippen molar-refractivity contribution in [1.82, 2.24) is 15.1 Å². The number of rotatable bonds is 6. The summed E-state index contributed by atoms with van der Waals surface area (Å²) >= 11 is 0. The molecule has 0 spiro atoms. The zero-order valence-corrected chi connectivity index (χ0v) is 17.5. The molecule has 1 atom stereocenters. The van der Waals surface area contributed by atoms with Crippen LogP contribution in [0.2, 0.25) is 0 Å². The average Bonchev–Trinajstić information content (AvgIpc) is 2.70. The van der Waals surface area contributed by atoms with Crippen molar-refractivity contribution in [3.8, 4) is 5.75 Å². The number of methoxy groups -OCH3 is 1. The summed E-state index contributed by atoms with van der Waals surface area (Å²) in [4.78, 5) is 17.6. The quantitative estimate of drug-likeness (QED) is 0.803. The summed E-state index contributed by atoms with van der Waals surface area (Å²) in [6.07, 6.45) is 6.15. The van der Waals surface area contributed by atoms with E-state index in [9.17, 15) is 4.79 Å². The van der Waals surface area contributed by atoms with Crippen LogP contribution in [0.1, 0.15) is 50.6 Å². The standard InChI is InChI=1S/C21H33N3O2.ClH/c1-3-24(17-9-5-4-6-10-17)21(25)16-23-14-13-22-15-19(23)18-11-7-8-12-20(18)26-2;/h7-8,11-12,17,19,22H,3-6,9-10,13-16H2,1-2H3;1H. The van der Waals surface area contributed by atoms with Crippen LogP contribution in [-0.2, 0) is 4.79 Å². The number of nitrogens with zero attached hydrogens (tertiary/aromatic N) is 2. The number of halogens is 1. The highest BCUT2D eigenvalue weighted by Crippen LogP contribution is 2.30. The van der Waals surface area contributed by atoms with Gasteiger partial charge in [-0.25, -0.2) is 0 Å². The Morgan fingerprint density at radius 2 is 2.00 bits per heavy atom. The highest BCUT2D eigenvalue weighted by molar-refractivity contribution is 5.85. The zero-order chi connectivity index (χ0) is 18.4. The molecule has 2 fully saturated rings. The molecule has 1 amide bonds. The monoisotopic (exact) mass is 395 g/mol. The Morgan fingerprint density at radius 3 is 2.70 bits per heavy atom. The molecular formula is C21H34ClN3O2. The van der Waals surface area contributed by atoms with Gasteiger partial charge in [0.25, 0.3) is 0 Å². The van der Waals surface area contributed by atoms with E-state index in [0.717, 1.165) is 50.3 Å². The van der Waals surface area contributed by atoms with Crippen LogP contribution in [0, 0.1) is 0 Å². The minimum absolute atomic E-state index is 0. The van der Waals surface area contributed by atoms with Crippen molar-refractivity contribution in [2.75, 3.05) is 39.8 Å². The van der Waals surface area contributed by atoms with Gasteiger partial charge in [-0.2, -0.15) is 0 Å². The van der Waals surface area contributed by atoms with Crippen molar-refractivity contribution in [3.05, 3.63) is 29.8 Å². The van der Waals surface area contributed by atoms with E-state index < -0.39 is 0 Å². The molecular weight excluding hydrogens is 362 g/mol. The number of piperazine rings is 1. The van der Waals surface area contributed by atoms with Crippen molar-refractivity contribution < 1.29 is 9.53 Å². The van der Waals surface area contributed by atoms with Crippen molar-refractivity contribution in [2.45, 2.75) is 51.1 Å². The van der Waals surface area contributed by atoms with Crippen LogP contribution in [0.5, 0.6) is 5.75 Å². The molecule has 5 nitrogen and oxygen atoms in total. The number of carbonyl (C=O) groups excluding carboxylic acids is 1. The van der Waals surface area contributed by atoms with Crippen molar-refractivity contribution >= 4 is 18.3 Å². The maximum absolute atomic E-state index is 13.1. The van der Waals surface area contributed by atoms with E-state index in [2.05, 4.69) is 28.1 Å². The third-order valence-electron chi connectivity index (χ3n) is 5.87. The van der Waals surface area contributed by atoms with Gasteiger partial charge in [-0.05, 0) is 25.8 Å². The molecule has 1 N–H and O–H groups in total. The first kappa shape index (κ1) is 22.0. The lowest BCUT2D eigenvalue weighted by molar-refractivity contribution is -0.136. The predicted octanol–water partition coefficient (Wildman–Crippen LogP) is 3.24. The molecule has 0 bridgehead atoms. The molecule has 1 aromatic carbocycles. The van der Waals surface area contributed by atoms with E-state index in [-0.39, 0.29) is 24.4 Å². The number of ether oxygens (including phenoxy) is 1. The molecule has 1 heterocycles. The predicted molar refractivity (Wildman–Crippen MR) is 112 cm³/mol. The molecule has 2 aliphatic rings. The van der Waals surface area contributed by atoms with Crippen LogP contribution >= 0.6 is 12.4 Å². The Bertz CT molecular complexity index is 593. The molecule has 1 saturated heterocycles. The first-order chi connectivity index (χ1) is 12.7. The van der Waals surface area contributed by atoms with Crippen LogP contribution in [-0.4, -0.2) is 61.6 Å². The normalized spacial score (nSPS) is 21.3. The van der Waals surface area contributed by atoms with E-state index in [1.165, 1.54) is 19.3 Å². The average molecular weight is 396 g/mol. The number of benzene rings is 1. The molecule has 27 heavy (non-hydrogen) atoms. The van der Waals surface area contributed by atoms with Crippen LogP contribution in [0.15, 0.2) is 24.3 Å². The third-order valence-corrected chi connectivity index (χ3v) is 5.87. The fourth-order valence-corrected chi connectivity index (χ4v) is 4.48. The van der Waals surface area contributed by atoms with E-state index in [1.54, 1.807) is 7.11 Å². The summed E-state index contributed by atoms with van der Waals surface area (Å²) in [5.74, 6) is 1.18. The van der Waals surface area contributed by atoms with Crippen LogP contribution in [0.4, 0.5) is 0 Å². The van der Waals surface area contributed by atoms with Gasteiger partial charge in [0, 0.05) is 37.8 Å². The lowest BCUT2D eigenvalue weighted by atomic mass is 9.94. The summed E-state index contributed by atoms with van der Waals surface area (Å²) in [7, 11) is 1.71. The number of likely N-dealkylation sites (N-methyl/N-ethyl adjacent to an activating group) is 1. The van der Waals surface area contributed by atoms with Crippen molar-refractivity contribution in [2.24, 2.45) is 0 Å².